The zero-order chi connectivity index (χ0) is 26.8. The predicted molar refractivity (Wildman–Crippen MR) is 146 cm³/mol. The molecule has 10 heteroatoms. The lowest BCUT2D eigenvalue weighted by atomic mass is 10.1. The average molecular weight is 517 g/mol. The van der Waals surface area contributed by atoms with Gasteiger partial charge in [-0.05, 0) is 51.5 Å². The summed E-state index contributed by atoms with van der Waals surface area (Å²) in [5.74, 6) is 0.131. The molecule has 0 saturated carbocycles. The van der Waals surface area contributed by atoms with Crippen LogP contribution < -0.4 is 5.32 Å². The van der Waals surface area contributed by atoms with Crippen molar-refractivity contribution in [3.63, 3.8) is 0 Å². The number of carbonyl (C=O) groups excluding carboxylic acids is 1. The van der Waals surface area contributed by atoms with Crippen LogP contribution in [0.3, 0.4) is 0 Å². The van der Waals surface area contributed by atoms with Crippen LogP contribution in [0.2, 0.25) is 0 Å². The van der Waals surface area contributed by atoms with Gasteiger partial charge in [0.2, 0.25) is 5.95 Å². The number of carbonyl (C=O) groups is 1. The van der Waals surface area contributed by atoms with E-state index < -0.39 is 5.82 Å². The van der Waals surface area contributed by atoms with E-state index in [1.54, 1.807) is 24.5 Å². The Kier molecular flexibility index (Phi) is 7.33. The second kappa shape index (κ2) is 10.8. The summed E-state index contributed by atoms with van der Waals surface area (Å²) in [7, 11) is 0. The van der Waals surface area contributed by atoms with Crippen molar-refractivity contribution in [3.8, 4) is 11.3 Å². The van der Waals surface area contributed by atoms with E-state index in [0.717, 1.165) is 36.7 Å². The molecular formula is C28H33FN8O. The number of amides is 1. The maximum absolute atomic E-state index is 15.0. The molecule has 0 aliphatic carbocycles. The van der Waals surface area contributed by atoms with Crippen LogP contribution in [0.1, 0.15) is 50.5 Å². The van der Waals surface area contributed by atoms with Crippen molar-refractivity contribution < 1.29 is 9.18 Å². The monoisotopic (exact) mass is 516 g/mol. The predicted octanol–water partition coefficient (Wildman–Crippen LogP) is 4.91. The second-order valence-corrected chi connectivity index (χ2v) is 9.95. The molecule has 4 aromatic heterocycles. The fraction of sp³-hybridized carbons (Fsp3) is 0.393. The number of anilines is 2. The van der Waals surface area contributed by atoms with Crippen LogP contribution in [0.15, 0.2) is 49.1 Å². The maximum Gasteiger partial charge on any atom is 0.255 e. The second-order valence-electron chi connectivity index (χ2n) is 9.95. The fourth-order valence-electron chi connectivity index (χ4n) is 4.75. The number of piperazine rings is 1. The Hall–Kier alpha value is -3.92. The molecule has 0 bridgehead atoms. The Labute approximate surface area is 221 Å². The van der Waals surface area contributed by atoms with Gasteiger partial charge in [0.15, 0.2) is 5.82 Å². The van der Waals surface area contributed by atoms with Gasteiger partial charge in [-0.15, -0.1) is 0 Å². The zero-order valence-electron chi connectivity index (χ0n) is 22.2. The summed E-state index contributed by atoms with van der Waals surface area (Å²) in [5, 5.41) is 3.87. The number of nitrogens with one attached hydrogen (secondary N) is 1. The van der Waals surface area contributed by atoms with E-state index in [9.17, 15) is 9.18 Å². The summed E-state index contributed by atoms with van der Waals surface area (Å²) in [6.07, 6.45) is 7.26. The van der Waals surface area contributed by atoms with Crippen LogP contribution in [-0.2, 0) is 0 Å². The molecular weight excluding hydrogens is 483 g/mol. The highest BCUT2D eigenvalue weighted by Crippen LogP contribution is 2.33. The van der Waals surface area contributed by atoms with Crippen molar-refractivity contribution in [3.05, 3.63) is 60.4 Å². The van der Waals surface area contributed by atoms with Crippen LogP contribution >= 0.6 is 0 Å². The Morgan fingerprint density at radius 3 is 2.53 bits per heavy atom. The summed E-state index contributed by atoms with van der Waals surface area (Å²) in [4.78, 5) is 34.7. The molecule has 1 saturated heterocycles. The molecule has 1 atom stereocenters. The lowest BCUT2D eigenvalue weighted by molar-refractivity contribution is 0.0595. The van der Waals surface area contributed by atoms with Crippen molar-refractivity contribution in [1.29, 1.82) is 0 Å². The van der Waals surface area contributed by atoms with Gasteiger partial charge < -0.3 is 14.8 Å². The molecule has 1 amide bonds. The molecule has 1 unspecified atom stereocenters. The highest BCUT2D eigenvalue weighted by molar-refractivity contribution is 5.94. The first kappa shape index (κ1) is 25.7. The van der Waals surface area contributed by atoms with Gasteiger partial charge in [0.25, 0.3) is 5.91 Å². The number of hydrogen-bond acceptors (Lipinski definition) is 7. The first-order valence-electron chi connectivity index (χ1n) is 13.1. The molecule has 0 spiro atoms. The van der Waals surface area contributed by atoms with Crippen LogP contribution in [-0.4, -0.2) is 72.4 Å². The van der Waals surface area contributed by atoms with Gasteiger partial charge in [-0.3, -0.25) is 9.69 Å². The summed E-state index contributed by atoms with van der Waals surface area (Å²) >= 11 is 0. The highest BCUT2D eigenvalue weighted by atomic mass is 19.1. The van der Waals surface area contributed by atoms with Gasteiger partial charge in [0.05, 0.1) is 11.8 Å². The van der Waals surface area contributed by atoms with Gasteiger partial charge in [-0.2, -0.15) is 0 Å². The average Bonchev–Trinajstić information content (AvgIpc) is 3.33. The number of hydrogen-bond donors (Lipinski definition) is 1. The van der Waals surface area contributed by atoms with Crippen LogP contribution in [0, 0.1) is 5.82 Å². The number of nitrogens with zero attached hydrogens (tertiary/aromatic N) is 7. The first-order chi connectivity index (χ1) is 18.4. The minimum Gasteiger partial charge on any atom is -0.336 e. The van der Waals surface area contributed by atoms with Crippen LogP contribution in [0.4, 0.5) is 16.2 Å². The lowest BCUT2D eigenvalue weighted by Crippen LogP contribution is -2.50. The SMILES string of the molecule is CCC(C)n1cc(-c2nc(Nc3ccc(C(=O)N4CCN(C(C)C)CC4)cn3)ncc2F)c2cccnc21. The molecule has 0 radical (unpaired) electrons. The largest absolute Gasteiger partial charge is 0.336 e. The molecule has 5 rings (SSSR count). The lowest BCUT2D eigenvalue weighted by Gasteiger charge is -2.36. The maximum atomic E-state index is 15.0. The molecule has 1 N–H and O–H groups in total. The minimum atomic E-state index is -0.519. The third-order valence-corrected chi connectivity index (χ3v) is 7.24. The standard InChI is InChI=1S/C28H33FN8O/c1-5-19(4)37-17-22(21-7-6-10-30-26(21)37)25-23(29)16-32-28(34-25)33-24-9-8-20(15-31-24)27(38)36-13-11-35(12-14-36)18(2)3/h6-10,15-19H,5,11-14H2,1-4H3,(H,31,32,33,34). The molecule has 0 aromatic carbocycles. The topological polar surface area (TPSA) is 92.1 Å². The summed E-state index contributed by atoms with van der Waals surface area (Å²) in [6.45, 7) is 11.7. The summed E-state index contributed by atoms with van der Waals surface area (Å²) < 4.78 is 17.0. The van der Waals surface area contributed by atoms with Crippen molar-refractivity contribution >= 4 is 28.7 Å². The molecule has 5 heterocycles. The van der Waals surface area contributed by atoms with E-state index in [1.165, 1.54) is 0 Å². The first-order valence-corrected chi connectivity index (χ1v) is 13.1. The van der Waals surface area contributed by atoms with Crippen molar-refractivity contribution in [2.75, 3.05) is 31.5 Å². The Balaban J connectivity index is 1.35. The smallest absolute Gasteiger partial charge is 0.255 e. The number of halogens is 1. The Bertz CT molecular complexity index is 1430. The van der Waals surface area contributed by atoms with Crippen LogP contribution in [0.5, 0.6) is 0 Å². The van der Waals surface area contributed by atoms with Gasteiger partial charge >= 0.3 is 0 Å². The third kappa shape index (κ3) is 5.08. The zero-order valence-corrected chi connectivity index (χ0v) is 22.2. The van der Waals surface area contributed by atoms with E-state index >= 15 is 0 Å². The quantitative estimate of drug-likeness (QED) is 0.373. The van der Waals surface area contributed by atoms with Crippen LogP contribution in [0.25, 0.3) is 22.3 Å². The van der Waals surface area contributed by atoms with Gasteiger partial charge in [0, 0.05) is 67.8 Å². The van der Waals surface area contributed by atoms with Crippen molar-refractivity contribution in [2.24, 2.45) is 0 Å². The molecule has 38 heavy (non-hydrogen) atoms. The van der Waals surface area contributed by atoms with Gasteiger partial charge in [-0.25, -0.2) is 24.3 Å². The van der Waals surface area contributed by atoms with E-state index in [0.29, 0.717) is 36.1 Å². The molecule has 1 aliphatic heterocycles. The van der Waals surface area contributed by atoms with Crippen molar-refractivity contribution in [1.82, 2.24) is 34.3 Å². The number of pyridine rings is 2. The minimum absolute atomic E-state index is 0.0286. The van der Waals surface area contributed by atoms with Crippen molar-refractivity contribution in [2.45, 2.75) is 46.2 Å². The van der Waals surface area contributed by atoms with E-state index in [-0.39, 0.29) is 23.6 Å². The Morgan fingerprint density at radius 1 is 1.05 bits per heavy atom. The Morgan fingerprint density at radius 2 is 1.84 bits per heavy atom. The number of fused-ring (bicyclic) bond motifs is 1. The molecule has 4 aromatic rings. The molecule has 198 valence electrons. The normalized spacial score (nSPS) is 15.3. The third-order valence-electron chi connectivity index (χ3n) is 7.24. The number of aromatic nitrogens is 5. The highest BCUT2D eigenvalue weighted by Gasteiger charge is 2.24. The van der Waals surface area contributed by atoms with E-state index in [2.05, 4.69) is 62.4 Å². The van der Waals surface area contributed by atoms with Gasteiger partial charge in [-0.1, -0.05) is 6.92 Å². The fourth-order valence-corrected chi connectivity index (χ4v) is 4.75. The summed E-state index contributed by atoms with van der Waals surface area (Å²) in [5.41, 5.74) is 2.16. The molecule has 1 aliphatic rings. The number of rotatable bonds is 7. The van der Waals surface area contributed by atoms with Gasteiger partial charge in [0.1, 0.15) is 17.2 Å². The summed E-state index contributed by atoms with van der Waals surface area (Å²) in [6, 6.07) is 7.88. The van der Waals surface area contributed by atoms with E-state index in [4.69, 9.17) is 0 Å². The van der Waals surface area contributed by atoms with E-state index in [1.807, 2.05) is 23.2 Å². The molecule has 1 fully saturated rings. The molecule has 9 nitrogen and oxygen atoms in total.